The largest absolute Gasteiger partial charge is 0.340 e. The van der Waals surface area contributed by atoms with Crippen molar-refractivity contribution in [3.8, 4) is 0 Å². The first kappa shape index (κ1) is 13.2. The van der Waals surface area contributed by atoms with E-state index in [1.165, 1.54) is 0 Å². The summed E-state index contributed by atoms with van der Waals surface area (Å²) in [5, 5.41) is 0. The minimum atomic E-state index is -0.0202. The Hall–Kier alpha value is -0.900. The molecule has 1 aromatic rings. The zero-order chi connectivity index (χ0) is 12.1. The van der Waals surface area contributed by atoms with Crippen molar-refractivity contribution >= 4 is 21.8 Å². The maximum Gasteiger partial charge on any atom is 0.272 e. The second-order valence-corrected chi connectivity index (χ2v) is 5.19. The highest BCUT2D eigenvalue weighted by Crippen LogP contribution is 2.09. The minimum Gasteiger partial charge on any atom is -0.340 e. The Labute approximate surface area is 105 Å². The number of pyridine rings is 1. The van der Waals surface area contributed by atoms with Gasteiger partial charge < -0.3 is 4.90 Å². The van der Waals surface area contributed by atoms with E-state index in [0.717, 1.165) is 17.4 Å². The van der Waals surface area contributed by atoms with E-state index >= 15 is 0 Å². The molecule has 16 heavy (non-hydrogen) atoms. The molecule has 1 amide bonds. The summed E-state index contributed by atoms with van der Waals surface area (Å²) in [6.07, 6.45) is 2.66. The molecular weight excluding hydrogens is 268 g/mol. The third kappa shape index (κ3) is 3.93. The highest BCUT2D eigenvalue weighted by molar-refractivity contribution is 9.10. The fourth-order valence-electron chi connectivity index (χ4n) is 1.25. The quantitative estimate of drug-likeness (QED) is 0.852. The van der Waals surface area contributed by atoms with Crippen molar-refractivity contribution in [3.63, 3.8) is 0 Å². The van der Waals surface area contributed by atoms with Gasteiger partial charge in [0.1, 0.15) is 5.69 Å². The molecule has 0 aromatic carbocycles. The van der Waals surface area contributed by atoms with Gasteiger partial charge in [0.25, 0.3) is 5.91 Å². The number of carbonyl (C=O) groups is 1. The Bertz CT molecular complexity index is 349. The Morgan fingerprint density at radius 1 is 1.50 bits per heavy atom. The molecule has 4 heteroatoms. The standard InChI is InChI=1S/C12H17BrN2O/c1-9(2)6-7-15(3)12(16)11-5-4-10(13)8-14-11/h4-5,8-9H,6-7H2,1-3H3. The predicted molar refractivity (Wildman–Crippen MR) is 68.4 cm³/mol. The van der Waals surface area contributed by atoms with Crippen LogP contribution in [0.2, 0.25) is 0 Å². The van der Waals surface area contributed by atoms with E-state index in [1.807, 2.05) is 13.1 Å². The summed E-state index contributed by atoms with van der Waals surface area (Å²) < 4.78 is 0.883. The van der Waals surface area contributed by atoms with Crippen molar-refractivity contribution in [1.82, 2.24) is 9.88 Å². The van der Waals surface area contributed by atoms with E-state index in [1.54, 1.807) is 17.2 Å². The van der Waals surface area contributed by atoms with Crippen LogP contribution in [0.25, 0.3) is 0 Å². The van der Waals surface area contributed by atoms with Gasteiger partial charge in [0, 0.05) is 24.3 Å². The van der Waals surface area contributed by atoms with Crippen LogP contribution in [0.4, 0.5) is 0 Å². The second kappa shape index (κ2) is 5.99. The number of hydrogen-bond acceptors (Lipinski definition) is 2. The number of hydrogen-bond donors (Lipinski definition) is 0. The highest BCUT2D eigenvalue weighted by atomic mass is 79.9. The summed E-state index contributed by atoms with van der Waals surface area (Å²) in [4.78, 5) is 17.7. The fraction of sp³-hybridized carbons (Fsp3) is 0.500. The van der Waals surface area contributed by atoms with Crippen molar-refractivity contribution in [3.05, 3.63) is 28.5 Å². The van der Waals surface area contributed by atoms with E-state index in [4.69, 9.17) is 0 Å². The lowest BCUT2D eigenvalue weighted by atomic mass is 10.1. The molecule has 1 heterocycles. The molecule has 0 aliphatic rings. The van der Waals surface area contributed by atoms with Crippen molar-refractivity contribution in [2.45, 2.75) is 20.3 Å². The lowest BCUT2D eigenvalue weighted by molar-refractivity contribution is 0.0783. The summed E-state index contributed by atoms with van der Waals surface area (Å²) in [6.45, 7) is 5.07. The maximum absolute atomic E-state index is 11.9. The summed E-state index contributed by atoms with van der Waals surface area (Å²) in [5.41, 5.74) is 0.495. The van der Waals surface area contributed by atoms with Crippen LogP contribution in [0.1, 0.15) is 30.8 Å². The van der Waals surface area contributed by atoms with Crippen LogP contribution in [0, 0.1) is 5.92 Å². The van der Waals surface area contributed by atoms with E-state index in [2.05, 4.69) is 34.8 Å². The van der Waals surface area contributed by atoms with Gasteiger partial charge in [0.05, 0.1) is 0 Å². The first-order chi connectivity index (χ1) is 7.50. The van der Waals surface area contributed by atoms with Crippen LogP contribution in [0.5, 0.6) is 0 Å². The van der Waals surface area contributed by atoms with Gasteiger partial charge in [-0.2, -0.15) is 0 Å². The van der Waals surface area contributed by atoms with Crippen LogP contribution >= 0.6 is 15.9 Å². The summed E-state index contributed by atoms with van der Waals surface area (Å²) >= 11 is 3.29. The van der Waals surface area contributed by atoms with Gasteiger partial charge in [-0.15, -0.1) is 0 Å². The van der Waals surface area contributed by atoms with Crippen molar-refractivity contribution in [1.29, 1.82) is 0 Å². The molecule has 3 nitrogen and oxygen atoms in total. The molecule has 0 aliphatic carbocycles. The molecule has 0 atom stereocenters. The molecule has 88 valence electrons. The normalized spacial score (nSPS) is 10.6. The molecule has 0 saturated carbocycles. The third-order valence-electron chi connectivity index (χ3n) is 2.34. The summed E-state index contributed by atoms with van der Waals surface area (Å²) in [7, 11) is 1.81. The van der Waals surface area contributed by atoms with Gasteiger partial charge in [-0.25, -0.2) is 4.98 Å². The zero-order valence-electron chi connectivity index (χ0n) is 9.90. The van der Waals surface area contributed by atoms with Crippen molar-refractivity contribution < 1.29 is 4.79 Å². The average molecular weight is 285 g/mol. The fourth-order valence-corrected chi connectivity index (χ4v) is 1.49. The molecule has 0 fully saturated rings. The Kier molecular flexibility index (Phi) is 4.93. The number of nitrogens with zero attached hydrogens (tertiary/aromatic N) is 2. The minimum absolute atomic E-state index is 0.0202. The molecule has 0 N–H and O–H groups in total. The molecule has 0 bridgehead atoms. The van der Waals surface area contributed by atoms with Gasteiger partial charge in [-0.1, -0.05) is 13.8 Å². The van der Waals surface area contributed by atoms with Gasteiger partial charge in [-0.05, 0) is 40.4 Å². The van der Waals surface area contributed by atoms with Crippen LogP contribution in [0.3, 0.4) is 0 Å². The van der Waals surface area contributed by atoms with Gasteiger partial charge >= 0.3 is 0 Å². The number of carbonyl (C=O) groups excluding carboxylic acids is 1. The van der Waals surface area contributed by atoms with E-state index < -0.39 is 0 Å². The molecular formula is C12H17BrN2O. The first-order valence-corrected chi connectivity index (χ1v) is 6.17. The Balaban J connectivity index is 2.60. The lowest BCUT2D eigenvalue weighted by Gasteiger charge is -2.17. The summed E-state index contributed by atoms with van der Waals surface area (Å²) in [5.74, 6) is 0.585. The monoisotopic (exact) mass is 284 g/mol. The number of amides is 1. The molecule has 1 aromatic heterocycles. The van der Waals surface area contributed by atoms with Crippen molar-refractivity contribution in [2.24, 2.45) is 5.92 Å². The van der Waals surface area contributed by atoms with Crippen molar-refractivity contribution in [2.75, 3.05) is 13.6 Å². The third-order valence-corrected chi connectivity index (χ3v) is 2.80. The first-order valence-electron chi connectivity index (χ1n) is 5.37. The maximum atomic E-state index is 11.9. The second-order valence-electron chi connectivity index (χ2n) is 4.27. The number of aromatic nitrogens is 1. The number of halogens is 1. The van der Waals surface area contributed by atoms with E-state index in [0.29, 0.717) is 11.6 Å². The molecule has 0 aliphatic heterocycles. The van der Waals surface area contributed by atoms with E-state index in [9.17, 15) is 4.79 Å². The average Bonchev–Trinajstić information content (AvgIpc) is 2.26. The van der Waals surface area contributed by atoms with Crippen LogP contribution in [-0.2, 0) is 0 Å². The molecule has 1 rings (SSSR count). The molecule has 0 saturated heterocycles. The van der Waals surface area contributed by atoms with Gasteiger partial charge in [0.15, 0.2) is 0 Å². The van der Waals surface area contributed by atoms with Crippen LogP contribution in [0.15, 0.2) is 22.8 Å². The Morgan fingerprint density at radius 3 is 2.69 bits per heavy atom. The summed E-state index contributed by atoms with van der Waals surface area (Å²) in [6, 6.07) is 3.56. The Morgan fingerprint density at radius 2 is 2.19 bits per heavy atom. The molecule has 0 unspecified atom stereocenters. The molecule has 0 radical (unpaired) electrons. The van der Waals surface area contributed by atoms with Crippen LogP contribution in [-0.4, -0.2) is 29.4 Å². The number of rotatable bonds is 4. The van der Waals surface area contributed by atoms with Crippen LogP contribution < -0.4 is 0 Å². The SMILES string of the molecule is CC(C)CCN(C)C(=O)c1ccc(Br)cn1. The lowest BCUT2D eigenvalue weighted by Crippen LogP contribution is -2.29. The van der Waals surface area contributed by atoms with Gasteiger partial charge in [-0.3, -0.25) is 4.79 Å². The predicted octanol–water partition coefficient (Wildman–Crippen LogP) is 2.96. The zero-order valence-corrected chi connectivity index (χ0v) is 11.5. The highest BCUT2D eigenvalue weighted by Gasteiger charge is 2.12. The van der Waals surface area contributed by atoms with Gasteiger partial charge in [0.2, 0.25) is 0 Å². The van der Waals surface area contributed by atoms with E-state index in [-0.39, 0.29) is 5.91 Å². The smallest absolute Gasteiger partial charge is 0.272 e. The topological polar surface area (TPSA) is 33.2 Å². The molecule has 0 spiro atoms.